The van der Waals surface area contributed by atoms with E-state index in [0.29, 0.717) is 11.2 Å². The monoisotopic (exact) mass is 421 g/mol. The Morgan fingerprint density at radius 2 is 1.83 bits per heavy atom. The van der Waals surface area contributed by atoms with E-state index in [2.05, 4.69) is 38.8 Å². The molecule has 2 N–H and O–H groups in total. The third kappa shape index (κ3) is 4.49. The van der Waals surface area contributed by atoms with Gasteiger partial charge in [0.05, 0.1) is 0 Å². The fourth-order valence-corrected chi connectivity index (χ4v) is 5.58. The molecule has 0 aliphatic heterocycles. The Hall–Kier alpha value is -2.07. The molecule has 1 radical (unpaired) electrons. The Bertz CT molecular complexity index is 984. The van der Waals surface area contributed by atoms with Crippen LogP contribution in [-0.2, 0) is 0 Å². The van der Waals surface area contributed by atoms with E-state index in [0.717, 1.165) is 39.8 Å². The zero-order chi connectivity index (χ0) is 20.3. The van der Waals surface area contributed by atoms with Crippen molar-refractivity contribution in [2.24, 2.45) is 11.8 Å². The fourth-order valence-electron chi connectivity index (χ4n) is 5.38. The normalized spacial score (nSPS) is 23.0. The number of aromatic nitrogens is 3. The van der Waals surface area contributed by atoms with E-state index in [4.69, 9.17) is 11.6 Å². The van der Waals surface area contributed by atoms with Gasteiger partial charge in [0.15, 0.2) is 0 Å². The summed E-state index contributed by atoms with van der Waals surface area (Å²) in [6.45, 7) is 0. The van der Waals surface area contributed by atoms with Crippen molar-refractivity contribution >= 4 is 28.5 Å². The maximum atomic E-state index is 6.39. The van der Waals surface area contributed by atoms with E-state index in [9.17, 15) is 0 Å². The van der Waals surface area contributed by atoms with Crippen molar-refractivity contribution in [1.82, 2.24) is 15.0 Å². The molecule has 3 heterocycles. The molecule has 2 aliphatic rings. The summed E-state index contributed by atoms with van der Waals surface area (Å²) in [4.78, 5) is 12.2. The standard InChI is InChI=1S/C25H30ClN4/c26-23-14-19(22-16-28-25-21(22)7-4-12-27-25)15-24(30-23)29-20-10-8-18(9-11-20)13-17-5-2-1-3-6-17/h1,4,7,12,14-18,20H,2-3,5-6,8-11,13H2,(H,27,28)(H,29,30). The van der Waals surface area contributed by atoms with Gasteiger partial charge in [-0.25, -0.2) is 9.97 Å². The van der Waals surface area contributed by atoms with Crippen LogP contribution in [0.4, 0.5) is 5.82 Å². The third-order valence-corrected chi connectivity index (χ3v) is 7.17. The number of hydrogen-bond donors (Lipinski definition) is 2. The first kappa shape index (κ1) is 19.9. The van der Waals surface area contributed by atoms with Crippen LogP contribution in [-0.4, -0.2) is 21.0 Å². The number of rotatable bonds is 5. The van der Waals surface area contributed by atoms with Crippen molar-refractivity contribution in [1.29, 1.82) is 0 Å². The molecule has 0 amide bonds. The van der Waals surface area contributed by atoms with Crippen molar-refractivity contribution in [2.75, 3.05) is 5.32 Å². The molecule has 4 nitrogen and oxygen atoms in total. The van der Waals surface area contributed by atoms with Crippen LogP contribution in [0.1, 0.15) is 57.8 Å². The van der Waals surface area contributed by atoms with Gasteiger partial charge in [0.1, 0.15) is 16.6 Å². The van der Waals surface area contributed by atoms with Crippen molar-refractivity contribution < 1.29 is 0 Å². The molecule has 0 unspecified atom stereocenters. The van der Waals surface area contributed by atoms with Gasteiger partial charge in [-0.05, 0) is 93.0 Å². The molecule has 2 saturated carbocycles. The number of nitrogens with one attached hydrogen (secondary N) is 2. The lowest BCUT2D eigenvalue weighted by Gasteiger charge is -2.32. The Morgan fingerprint density at radius 1 is 1.03 bits per heavy atom. The lowest BCUT2D eigenvalue weighted by Crippen LogP contribution is -2.27. The summed E-state index contributed by atoms with van der Waals surface area (Å²) in [5.74, 6) is 2.75. The van der Waals surface area contributed by atoms with Gasteiger partial charge in [-0.3, -0.25) is 0 Å². The van der Waals surface area contributed by atoms with Gasteiger partial charge in [-0.2, -0.15) is 0 Å². The molecule has 0 aromatic carbocycles. The topological polar surface area (TPSA) is 53.6 Å². The first-order chi connectivity index (χ1) is 14.7. The lowest BCUT2D eigenvalue weighted by atomic mass is 9.76. The predicted molar refractivity (Wildman–Crippen MR) is 125 cm³/mol. The highest BCUT2D eigenvalue weighted by Crippen LogP contribution is 2.36. The zero-order valence-corrected chi connectivity index (χ0v) is 18.2. The van der Waals surface area contributed by atoms with E-state index in [1.165, 1.54) is 57.8 Å². The first-order valence-corrected chi connectivity index (χ1v) is 11.8. The molecular weight excluding hydrogens is 392 g/mol. The zero-order valence-electron chi connectivity index (χ0n) is 17.4. The molecule has 30 heavy (non-hydrogen) atoms. The minimum absolute atomic E-state index is 0.490. The molecule has 5 heteroatoms. The van der Waals surface area contributed by atoms with Crippen molar-refractivity contribution in [3.8, 4) is 11.1 Å². The van der Waals surface area contributed by atoms with Gasteiger partial charge in [0.25, 0.3) is 0 Å². The highest BCUT2D eigenvalue weighted by molar-refractivity contribution is 6.29. The summed E-state index contributed by atoms with van der Waals surface area (Å²) in [7, 11) is 0. The Kier molecular flexibility index (Phi) is 5.94. The van der Waals surface area contributed by atoms with Crippen LogP contribution in [0.2, 0.25) is 5.15 Å². The molecular formula is C25H30ClN4. The molecule has 0 spiro atoms. The third-order valence-electron chi connectivity index (χ3n) is 6.98. The van der Waals surface area contributed by atoms with Gasteiger partial charge in [0.2, 0.25) is 0 Å². The van der Waals surface area contributed by atoms with Gasteiger partial charge in [-0.15, -0.1) is 0 Å². The van der Waals surface area contributed by atoms with Crippen molar-refractivity contribution in [2.45, 2.75) is 63.8 Å². The second kappa shape index (κ2) is 8.97. The summed E-state index contributed by atoms with van der Waals surface area (Å²) in [6, 6.07) is 8.59. The number of fused-ring (bicyclic) bond motifs is 1. The van der Waals surface area contributed by atoms with Crippen LogP contribution in [0.15, 0.2) is 36.7 Å². The van der Waals surface area contributed by atoms with Gasteiger partial charge >= 0.3 is 0 Å². The smallest absolute Gasteiger partial charge is 0.137 e. The van der Waals surface area contributed by atoms with Crippen LogP contribution in [0, 0.1) is 18.3 Å². The number of nitrogens with zero attached hydrogens (tertiary/aromatic N) is 2. The molecule has 3 aromatic rings. The highest BCUT2D eigenvalue weighted by atomic mass is 35.5. The van der Waals surface area contributed by atoms with Gasteiger partial charge < -0.3 is 10.3 Å². The SMILES string of the molecule is Clc1cc(-c2c[nH]c3ncccc23)cc(NC2CCC(CC3CC[CH]CC3)CC2)n1. The molecule has 5 rings (SSSR count). The number of halogens is 1. The summed E-state index contributed by atoms with van der Waals surface area (Å²) in [5.41, 5.74) is 3.07. The van der Waals surface area contributed by atoms with E-state index in [-0.39, 0.29) is 0 Å². The Labute approximate surface area is 183 Å². The van der Waals surface area contributed by atoms with E-state index in [1.807, 2.05) is 18.3 Å². The van der Waals surface area contributed by atoms with Crippen LogP contribution < -0.4 is 5.32 Å². The molecule has 0 atom stereocenters. The van der Waals surface area contributed by atoms with E-state index >= 15 is 0 Å². The van der Waals surface area contributed by atoms with Crippen LogP contribution in [0.3, 0.4) is 0 Å². The molecule has 157 valence electrons. The Balaban J connectivity index is 1.24. The molecule has 0 saturated heterocycles. The number of aromatic amines is 1. The highest BCUT2D eigenvalue weighted by Gasteiger charge is 2.25. The average molecular weight is 422 g/mol. The van der Waals surface area contributed by atoms with Crippen LogP contribution >= 0.6 is 11.6 Å². The number of hydrogen-bond acceptors (Lipinski definition) is 3. The lowest BCUT2D eigenvalue weighted by molar-refractivity contribution is 0.250. The van der Waals surface area contributed by atoms with Crippen molar-refractivity contribution in [3.63, 3.8) is 0 Å². The molecule has 0 bridgehead atoms. The Morgan fingerprint density at radius 3 is 2.67 bits per heavy atom. The summed E-state index contributed by atoms with van der Waals surface area (Å²) >= 11 is 6.39. The molecule has 3 aromatic heterocycles. The summed E-state index contributed by atoms with van der Waals surface area (Å²) in [6.07, 6.45) is 18.3. The maximum Gasteiger partial charge on any atom is 0.137 e. The minimum atomic E-state index is 0.490. The van der Waals surface area contributed by atoms with Crippen LogP contribution in [0.5, 0.6) is 0 Å². The summed E-state index contributed by atoms with van der Waals surface area (Å²) in [5, 5.41) is 5.30. The van der Waals surface area contributed by atoms with Gasteiger partial charge in [0, 0.05) is 29.4 Å². The van der Waals surface area contributed by atoms with Crippen molar-refractivity contribution in [3.05, 3.63) is 48.2 Å². The predicted octanol–water partition coefficient (Wildman–Crippen LogP) is 7.03. The molecule has 2 fully saturated rings. The maximum absolute atomic E-state index is 6.39. The van der Waals surface area contributed by atoms with E-state index < -0.39 is 0 Å². The summed E-state index contributed by atoms with van der Waals surface area (Å²) < 4.78 is 0. The van der Waals surface area contributed by atoms with Gasteiger partial charge in [-0.1, -0.05) is 24.4 Å². The average Bonchev–Trinajstić information content (AvgIpc) is 3.20. The first-order valence-electron chi connectivity index (χ1n) is 11.4. The minimum Gasteiger partial charge on any atom is -0.367 e. The second-order valence-corrected chi connectivity index (χ2v) is 9.46. The molecule has 2 aliphatic carbocycles. The second-order valence-electron chi connectivity index (χ2n) is 9.07. The number of H-pyrrole nitrogens is 1. The van der Waals surface area contributed by atoms with Crippen LogP contribution in [0.25, 0.3) is 22.2 Å². The quantitative estimate of drug-likeness (QED) is 0.434. The van der Waals surface area contributed by atoms with E-state index in [1.54, 1.807) is 6.20 Å². The number of anilines is 1. The fraction of sp³-hybridized carbons (Fsp3) is 0.480. The number of pyridine rings is 2. The largest absolute Gasteiger partial charge is 0.367 e.